The van der Waals surface area contributed by atoms with Crippen molar-refractivity contribution in [2.24, 2.45) is 0 Å². The van der Waals surface area contributed by atoms with Crippen LogP contribution in [0, 0.1) is 0 Å². The Hall–Kier alpha value is -0.480. The van der Waals surface area contributed by atoms with Crippen molar-refractivity contribution in [1.82, 2.24) is 4.90 Å². The third-order valence-electron chi connectivity index (χ3n) is 1.81. The van der Waals surface area contributed by atoms with E-state index in [0.717, 1.165) is 19.3 Å². The maximum absolute atomic E-state index is 11.1. The summed E-state index contributed by atoms with van der Waals surface area (Å²) < 4.78 is 4.40. The van der Waals surface area contributed by atoms with E-state index in [1.165, 1.54) is 0 Å². The lowest BCUT2D eigenvalue weighted by Crippen LogP contribution is -2.37. The SMILES string of the molecule is O=C(OC(O)Cl)N1CCCCC1. The lowest BCUT2D eigenvalue weighted by atomic mass is 10.1. The van der Waals surface area contributed by atoms with E-state index in [1.54, 1.807) is 4.90 Å². The minimum Gasteiger partial charge on any atom is -0.405 e. The van der Waals surface area contributed by atoms with Crippen LogP contribution in [0.25, 0.3) is 0 Å². The fraction of sp³-hybridized carbons (Fsp3) is 0.857. The first kappa shape index (κ1) is 9.61. The Morgan fingerprint density at radius 1 is 1.42 bits per heavy atom. The number of hydrogen-bond acceptors (Lipinski definition) is 3. The minimum absolute atomic E-state index is 0.530. The van der Waals surface area contributed by atoms with Gasteiger partial charge in [-0.1, -0.05) is 0 Å². The van der Waals surface area contributed by atoms with Crippen LogP contribution in [0.1, 0.15) is 19.3 Å². The van der Waals surface area contributed by atoms with Crippen molar-refractivity contribution in [2.45, 2.75) is 25.0 Å². The van der Waals surface area contributed by atoms with Crippen LogP contribution in [0.4, 0.5) is 4.79 Å². The number of nitrogens with zero attached hydrogens (tertiary/aromatic N) is 1. The van der Waals surface area contributed by atoms with Crippen LogP contribution in [-0.4, -0.2) is 34.9 Å². The molecule has 0 aliphatic carbocycles. The Bertz CT molecular complexity index is 157. The van der Waals surface area contributed by atoms with E-state index in [1.807, 2.05) is 0 Å². The van der Waals surface area contributed by atoms with E-state index in [-0.39, 0.29) is 0 Å². The predicted molar refractivity (Wildman–Crippen MR) is 43.8 cm³/mol. The predicted octanol–water partition coefficient (Wildman–Crippen LogP) is 1.12. The van der Waals surface area contributed by atoms with Gasteiger partial charge in [0.05, 0.1) is 0 Å². The standard InChI is InChI=1S/C7H12ClNO3/c8-6(10)12-7(11)9-4-2-1-3-5-9/h6,10H,1-5H2. The van der Waals surface area contributed by atoms with Crippen molar-refractivity contribution in [3.63, 3.8) is 0 Å². The molecule has 1 unspecified atom stereocenters. The Kier molecular flexibility index (Phi) is 3.62. The maximum atomic E-state index is 11.1. The fourth-order valence-corrected chi connectivity index (χ4v) is 1.31. The zero-order valence-corrected chi connectivity index (χ0v) is 7.46. The third kappa shape index (κ3) is 2.87. The number of aliphatic hydroxyl groups is 1. The number of carbonyl (C=O) groups excluding carboxylic acids is 1. The zero-order chi connectivity index (χ0) is 8.97. The number of aliphatic hydroxyl groups excluding tert-OH is 1. The van der Waals surface area contributed by atoms with Gasteiger partial charge in [-0.2, -0.15) is 0 Å². The molecule has 1 saturated heterocycles. The first-order valence-electron chi connectivity index (χ1n) is 3.98. The summed E-state index contributed by atoms with van der Waals surface area (Å²) in [5.74, 6) is -1.53. The van der Waals surface area contributed by atoms with Gasteiger partial charge in [-0.15, -0.1) is 0 Å². The molecule has 1 N–H and O–H groups in total. The van der Waals surface area contributed by atoms with E-state index >= 15 is 0 Å². The number of hydrogen-bond donors (Lipinski definition) is 1. The smallest absolute Gasteiger partial charge is 0.405 e. The largest absolute Gasteiger partial charge is 0.413 e. The Morgan fingerprint density at radius 2 is 2.00 bits per heavy atom. The molecule has 0 aromatic carbocycles. The number of carbonyl (C=O) groups is 1. The highest BCUT2D eigenvalue weighted by molar-refractivity contribution is 6.19. The van der Waals surface area contributed by atoms with Gasteiger partial charge in [-0.05, 0) is 30.9 Å². The molecule has 1 aliphatic rings. The zero-order valence-electron chi connectivity index (χ0n) is 6.70. The van der Waals surface area contributed by atoms with Gasteiger partial charge in [0.1, 0.15) is 0 Å². The van der Waals surface area contributed by atoms with E-state index in [4.69, 9.17) is 16.7 Å². The fourth-order valence-electron chi connectivity index (χ4n) is 1.23. The highest BCUT2D eigenvalue weighted by Gasteiger charge is 2.19. The molecule has 1 aliphatic heterocycles. The van der Waals surface area contributed by atoms with Crippen LogP contribution in [0.2, 0.25) is 0 Å². The molecule has 0 spiro atoms. The molecule has 0 bridgehead atoms. The molecular formula is C7H12ClNO3. The number of alkyl halides is 1. The number of piperidine rings is 1. The second kappa shape index (κ2) is 4.52. The normalized spacial score (nSPS) is 20.3. The van der Waals surface area contributed by atoms with Gasteiger partial charge in [0.15, 0.2) is 0 Å². The van der Waals surface area contributed by atoms with Gasteiger partial charge in [0.25, 0.3) is 5.75 Å². The van der Waals surface area contributed by atoms with Gasteiger partial charge < -0.3 is 14.7 Å². The molecule has 0 aromatic rings. The quantitative estimate of drug-likeness (QED) is 0.502. The Labute approximate surface area is 76.1 Å². The summed E-state index contributed by atoms with van der Waals surface area (Å²) in [5, 5.41) is 8.55. The van der Waals surface area contributed by atoms with E-state index < -0.39 is 11.8 Å². The van der Waals surface area contributed by atoms with Gasteiger partial charge in [-0.25, -0.2) is 4.79 Å². The average molecular weight is 194 g/mol. The topological polar surface area (TPSA) is 49.8 Å². The Morgan fingerprint density at radius 3 is 2.50 bits per heavy atom. The van der Waals surface area contributed by atoms with Gasteiger partial charge in [0, 0.05) is 13.1 Å². The molecule has 1 atom stereocenters. The van der Waals surface area contributed by atoms with Crippen molar-refractivity contribution in [3.05, 3.63) is 0 Å². The second-order valence-corrected chi connectivity index (χ2v) is 3.10. The lowest BCUT2D eigenvalue weighted by Gasteiger charge is -2.25. The summed E-state index contributed by atoms with van der Waals surface area (Å²) in [7, 11) is 0. The summed E-state index contributed by atoms with van der Waals surface area (Å²) in [6.07, 6.45) is 2.60. The van der Waals surface area contributed by atoms with Crippen LogP contribution >= 0.6 is 11.6 Å². The monoisotopic (exact) mass is 193 g/mol. The highest BCUT2D eigenvalue weighted by atomic mass is 35.5. The first-order valence-corrected chi connectivity index (χ1v) is 4.41. The van der Waals surface area contributed by atoms with Gasteiger partial charge >= 0.3 is 6.09 Å². The summed E-state index contributed by atoms with van der Waals surface area (Å²) in [6.45, 7) is 1.39. The summed E-state index contributed by atoms with van der Waals surface area (Å²) in [5.41, 5.74) is 0. The second-order valence-electron chi connectivity index (χ2n) is 2.72. The number of halogens is 1. The molecule has 0 radical (unpaired) electrons. The molecule has 1 amide bonds. The lowest BCUT2D eigenvalue weighted by molar-refractivity contribution is -0.0104. The number of ether oxygens (including phenoxy) is 1. The van der Waals surface area contributed by atoms with E-state index in [0.29, 0.717) is 13.1 Å². The van der Waals surface area contributed by atoms with E-state index in [9.17, 15) is 4.79 Å². The molecule has 1 fully saturated rings. The summed E-state index contributed by atoms with van der Waals surface area (Å²) in [6, 6.07) is 0. The van der Waals surface area contributed by atoms with E-state index in [2.05, 4.69) is 4.74 Å². The number of rotatable bonds is 1. The minimum atomic E-state index is -1.53. The third-order valence-corrected chi connectivity index (χ3v) is 1.90. The van der Waals surface area contributed by atoms with Crippen LogP contribution in [0.3, 0.4) is 0 Å². The summed E-state index contributed by atoms with van der Waals surface area (Å²) >= 11 is 5.08. The first-order chi connectivity index (χ1) is 5.70. The van der Waals surface area contributed by atoms with Crippen molar-refractivity contribution >= 4 is 17.7 Å². The molecular weight excluding hydrogens is 182 g/mol. The molecule has 1 rings (SSSR count). The van der Waals surface area contributed by atoms with Crippen molar-refractivity contribution < 1.29 is 14.6 Å². The van der Waals surface area contributed by atoms with Crippen molar-refractivity contribution in [2.75, 3.05) is 13.1 Å². The molecule has 1 heterocycles. The highest BCUT2D eigenvalue weighted by Crippen LogP contribution is 2.10. The van der Waals surface area contributed by atoms with Crippen LogP contribution in [0.15, 0.2) is 0 Å². The van der Waals surface area contributed by atoms with Crippen LogP contribution in [0.5, 0.6) is 0 Å². The number of amides is 1. The summed E-state index contributed by atoms with van der Waals surface area (Å²) in [4.78, 5) is 12.6. The van der Waals surface area contributed by atoms with Crippen molar-refractivity contribution in [3.8, 4) is 0 Å². The van der Waals surface area contributed by atoms with Crippen LogP contribution < -0.4 is 0 Å². The molecule has 4 nitrogen and oxygen atoms in total. The van der Waals surface area contributed by atoms with Crippen LogP contribution in [-0.2, 0) is 4.74 Å². The molecule has 0 saturated carbocycles. The number of likely N-dealkylation sites (tertiary alicyclic amines) is 1. The molecule has 70 valence electrons. The molecule has 0 aromatic heterocycles. The van der Waals surface area contributed by atoms with Gasteiger partial charge in [-0.3, -0.25) is 0 Å². The average Bonchev–Trinajstić information content (AvgIpc) is 2.05. The maximum Gasteiger partial charge on any atom is 0.413 e. The van der Waals surface area contributed by atoms with Gasteiger partial charge in [0.2, 0.25) is 0 Å². The van der Waals surface area contributed by atoms with Crippen molar-refractivity contribution in [1.29, 1.82) is 0 Å². The Balaban J connectivity index is 2.30. The molecule has 12 heavy (non-hydrogen) atoms. The molecule has 5 heteroatoms.